The Labute approximate surface area is 146 Å². The van der Waals surface area contributed by atoms with E-state index < -0.39 is 5.60 Å². The molecule has 7 nitrogen and oxygen atoms in total. The number of nitrogens with one attached hydrogen (secondary N) is 1. The lowest BCUT2D eigenvalue weighted by molar-refractivity contribution is 0.0189. The number of fused-ring (bicyclic) bond motifs is 3. The Bertz CT molecular complexity index is 912. The van der Waals surface area contributed by atoms with Crippen LogP contribution in [-0.2, 0) is 4.74 Å². The molecule has 0 radical (unpaired) electrons. The smallest absolute Gasteiger partial charge is 0.410 e. The first-order chi connectivity index (χ1) is 11.9. The Morgan fingerprint density at radius 2 is 2.04 bits per heavy atom. The molecule has 1 amide bonds. The van der Waals surface area contributed by atoms with E-state index in [0.717, 1.165) is 34.9 Å². The summed E-state index contributed by atoms with van der Waals surface area (Å²) in [7, 11) is 0. The van der Waals surface area contributed by atoms with Crippen molar-refractivity contribution >= 4 is 28.2 Å². The minimum absolute atomic E-state index is 0.223. The van der Waals surface area contributed by atoms with Crippen LogP contribution in [0.5, 0.6) is 0 Å². The Balaban J connectivity index is 1.54. The van der Waals surface area contributed by atoms with Crippen molar-refractivity contribution in [1.82, 2.24) is 24.4 Å². The van der Waals surface area contributed by atoms with Crippen LogP contribution in [0.15, 0.2) is 24.8 Å². The van der Waals surface area contributed by atoms with Gasteiger partial charge in [-0.3, -0.25) is 0 Å². The molecule has 0 aromatic carbocycles. The normalized spacial score (nSPS) is 16.7. The van der Waals surface area contributed by atoms with Crippen LogP contribution in [-0.4, -0.2) is 49.2 Å². The molecule has 1 saturated heterocycles. The molecule has 0 aliphatic carbocycles. The van der Waals surface area contributed by atoms with E-state index in [1.54, 1.807) is 11.1 Å². The lowest BCUT2D eigenvalue weighted by atomic mass is 10.0. The number of piperidine rings is 1. The minimum Gasteiger partial charge on any atom is -0.444 e. The van der Waals surface area contributed by atoms with E-state index in [4.69, 9.17) is 4.74 Å². The van der Waals surface area contributed by atoms with Gasteiger partial charge in [-0.05, 0) is 39.7 Å². The highest BCUT2D eigenvalue weighted by molar-refractivity contribution is 6.00. The van der Waals surface area contributed by atoms with Gasteiger partial charge in [0.1, 0.15) is 16.8 Å². The lowest BCUT2D eigenvalue weighted by Crippen LogP contribution is -2.42. The van der Waals surface area contributed by atoms with Gasteiger partial charge in [-0.25, -0.2) is 14.8 Å². The number of imidazole rings is 1. The van der Waals surface area contributed by atoms with Gasteiger partial charge in [-0.1, -0.05) is 0 Å². The minimum atomic E-state index is -0.457. The fourth-order valence-corrected chi connectivity index (χ4v) is 3.46. The third kappa shape index (κ3) is 2.94. The summed E-state index contributed by atoms with van der Waals surface area (Å²) in [5, 5.41) is 1.09. The molecule has 1 fully saturated rings. The summed E-state index contributed by atoms with van der Waals surface area (Å²) >= 11 is 0. The summed E-state index contributed by atoms with van der Waals surface area (Å²) < 4.78 is 7.71. The van der Waals surface area contributed by atoms with Gasteiger partial charge in [0, 0.05) is 30.7 Å². The van der Waals surface area contributed by atoms with Crippen LogP contribution in [0.4, 0.5) is 4.79 Å². The summed E-state index contributed by atoms with van der Waals surface area (Å²) in [6, 6.07) is 2.36. The largest absolute Gasteiger partial charge is 0.444 e. The van der Waals surface area contributed by atoms with E-state index in [0.29, 0.717) is 19.1 Å². The molecule has 25 heavy (non-hydrogen) atoms. The maximum absolute atomic E-state index is 12.2. The molecule has 3 aromatic rings. The second kappa shape index (κ2) is 5.75. The fraction of sp³-hybridized carbons (Fsp3) is 0.500. The highest BCUT2D eigenvalue weighted by Gasteiger charge is 2.28. The number of carbonyl (C=O) groups excluding carboxylic acids is 1. The van der Waals surface area contributed by atoms with Crippen LogP contribution in [0.25, 0.3) is 22.1 Å². The zero-order chi connectivity index (χ0) is 17.6. The van der Waals surface area contributed by atoms with Crippen molar-refractivity contribution in [1.29, 1.82) is 0 Å². The van der Waals surface area contributed by atoms with Gasteiger partial charge in [-0.15, -0.1) is 0 Å². The number of hydrogen-bond acceptors (Lipinski definition) is 4. The van der Waals surface area contributed by atoms with Gasteiger partial charge in [0.05, 0.1) is 18.0 Å². The van der Waals surface area contributed by atoms with Gasteiger partial charge in [0.2, 0.25) is 0 Å². The Hall–Kier alpha value is -2.57. The number of amides is 1. The average molecular weight is 341 g/mol. The van der Waals surface area contributed by atoms with Gasteiger partial charge < -0.3 is 19.2 Å². The van der Waals surface area contributed by atoms with Crippen LogP contribution in [0, 0.1) is 0 Å². The zero-order valence-corrected chi connectivity index (χ0v) is 14.8. The second-order valence-electron chi connectivity index (χ2n) is 7.58. The van der Waals surface area contributed by atoms with Crippen LogP contribution >= 0.6 is 0 Å². The van der Waals surface area contributed by atoms with Crippen molar-refractivity contribution in [3.63, 3.8) is 0 Å². The number of hydrogen-bond donors (Lipinski definition) is 1. The molecule has 0 spiro atoms. The number of H-pyrrole nitrogens is 1. The van der Waals surface area contributed by atoms with Crippen molar-refractivity contribution in [2.75, 3.05) is 13.1 Å². The SMILES string of the molecule is CC(C)(C)OC(=O)N1CCC(n2cnc3cnc4[nH]ccc4c32)CC1. The van der Waals surface area contributed by atoms with Crippen molar-refractivity contribution in [2.24, 2.45) is 0 Å². The monoisotopic (exact) mass is 341 g/mol. The van der Waals surface area contributed by atoms with Crippen LogP contribution in [0.3, 0.4) is 0 Å². The predicted octanol–water partition coefficient (Wildman–Crippen LogP) is 3.48. The first kappa shape index (κ1) is 15.9. The first-order valence-electron chi connectivity index (χ1n) is 8.69. The number of likely N-dealkylation sites (tertiary alicyclic amines) is 1. The van der Waals surface area contributed by atoms with Crippen LogP contribution in [0.1, 0.15) is 39.7 Å². The summed E-state index contributed by atoms with van der Waals surface area (Å²) in [5.74, 6) is 0. The summed E-state index contributed by atoms with van der Waals surface area (Å²) in [6.07, 6.45) is 7.16. The van der Waals surface area contributed by atoms with Crippen molar-refractivity contribution in [3.8, 4) is 0 Å². The van der Waals surface area contributed by atoms with E-state index in [1.807, 2.05) is 39.4 Å². The van der Waals surface area contributed by atoms with Crippen molar-refractivity contribution in [3.05, 3.63) is 24.8 Å². The summed E-state index contributed by atoms with van der Waals surface area (Å²) in [5.41, 5.74) is 2.44. The standard InChI is InChI=1S/C18H23N5O2/c1-18(2,3)25-17(24)22-8-5-12(6-9-22)23-11-21-14-10-20-16-13(15(14)23)4-7-19-16/h4,7,10-12H,5-6,8-9H2,1-3H3,(H,19,20). The number of aromatic amines is 1. The van der Waals surface area contributed by atoms with Gasteiger partial charge in [-0.2, -0.15) is 0 Å². The van der Waals surface area contributed by atoms with Crippen LogP contribution < -0.4 is 0 Å². The van der Waals surface area contributed by atoms with E-state index >= 15 is 0 Å². The molecule has 1 aliphatic heterocycles. The molecule has 0 atom stereocenters. The first-order valence-corrected chi connectivity index (χ1v) is 8.69. The Morgan fingerprint density at radius 1 is 1.28 bits per heavy atom. The maximum atomic E-state index is 12.2. The van der Waals surface area contributed by atoms with Gasteiger partial charge in [0.25, 0.3) is 0 Å². The predicted molar refractivity (Wildman–Crippen MR) is 95.5 cm³/mol. The molecule has 7 heteroatoms. The molecule has 4 heterocycles. The average Bonchev–Trinajstić information content (AvgIpc) is 3.19. The Kier molecular flexibility index (Phi) is 3.67. The van der Waals surface area contributed by atoms with Crippen LogP contribution in [0.2, 0.25) is 0 Å². The second-order valence-corrected chi connectivity index (χ2v) is 7.58. The number of carbonyl (C=O) groups is 1. The molecule has 132 valence electrons. The molecule has 0 bridgehead atoms. The van der Waals surface area contributed by atoms with Crippen molar-refractivity contribution < 1.29 is 9.53 Å². The number of aromatic nitrogens is 4. The molecule has 3 aromatic heterocycles. The number of pyridine rings is 1. The number of nitrogens with zero attached hydrogens (tertiary/aromatic N) is 4. The summed E-state index contributed by atoms with van der Waals surface area (Å²) in [6.45, 7) is 7.07. The topological polar surface area (TPSA) is 76.0 Å². The van der Waals surface area contributed by atoms with E-state index in [1.165, 1.54) is 0 Å². The highest BCUT2D eigenvalue weighted by atomic mass is 16.6. The van der Waals surface area contributed by atoms with Crippen molar-refractivity contribution in [2.45, 2.75) is 45.3 Å². The van der Waals surface area contributed by atoms with E-state index in [2.05, 4.69) is 19.5 Å². The third-order valence-corrected chi connectivity index (χ3v) is 4.63. The maximum Gasteiger partial charge on any atom is 0.410 e. The number of ether oxygens (including phenoxy) is 1. The quantitative estimate of drug-likeness (QED) is 0.735. The molecule has 4 rings (SSSR count). The van der Waals surface area contributed by atoms with E-state index in [-0.39, 0.29) is 6.09 Å². The molecule has 0 unspecified atom stereocenters. The lowest BCUT2D eigenvalue weighted by Gasteiger charge is -2.34. The highest BCUT2D eigenvalue weighted by Crippen LogP contribution is 2.30. The molecule has 1 N–H and O–H groups in total. The summed E-state index contributed by atoms with van der Waals surface area (Å²) in [4.78, 5) is 26.1. The van der Waals surface area contributed by atoms with E-state index in [9.17, 15) is 4.79 Å². The Morgan fingerprint density at radius 3 is 2.76 bits per heavy atom. The van der Waals surface area contributed by atoms with Gasteiger partial charge >= 0.3 is 6.09 Å². The molecular formula is C18H23N5O2. The fourth-order valence-electron chi connectivity index (χ4n) is 3.46. The molecule has 1 aliphatic rings. The molecule has 0 saturated carbocycles. The molecular weight excluding hydrogens is 318 g/mol. The van der Waals surface area contributed by atoms with Gasteiger partial charge in [0.15, 0.2) is 0 Å². The zero-order valence-electron chi connectivity index (χ0n) is 14.8. The number of rotatable bonds is 1. The third-order valence-electron chi connectivity index (χ3n) is 4.63.